The molecule has 3 aromatic carbocycles. The standard InChI is InChI=1S/C23H23OS/c1-3-20(24)17-19-11-15-23(16-12-19)25(21-7-5-4-6-8-21)22-13-9-18(2)10-14-22/h4-16H,3,17H2,1-2H3/q+1. The fraction of sp³-hybridized carbons (Fsp3) is 0.174. The predicted molar refractivity (Wildman–Crippen MR) is 105 cm³/mol. The second-order valence-electron chi connectivity index (χ2n) is 6.15. The maximum atomic E-state index is 11.7. The summed E-state index contributed by atoms with van der Waals surface area (Å²) in [6, 6.07) is 28.0. The van der Waals surface area contributed by atoms with Crippen LogP contribution < -0.4 is 0 Å². The Hall–Kier alpha value is -2.32. The lowest BCUT2D eigenvalue weighted by atomic mass is 10.1. The van der Waals surface area contributed by atoms with Gasteiger partial charge in [-0.25, -0.2) is 0 Å². The minimum absolute atomic E-state index is 0.131. The van der Waals surface area contributed by atoms with Crippen molar-refractivity contribution < 1.29 is 4.79 Å². The van der Waals surface area contributed by atoms with Gasteiger partial charge in [-0.2, -0.15) is 0 Å². The number of hydrogen-bond acceptors (Lipinski definition) is 1. The second-order valence-corrected chi connectivity index (χ2v) is 8.17. The smallest absolute Gasteiger partial charge is 0.166 e. The van der Waals surface area contributed by atoms with Gasteiger partial charge >= 0.3 is 0 Å². The van der Waals surface area contributed by atoms with Gasteiger partial charge in [-0.3, -0.25) is 4.79 Å². The zero-order chi connectivity index (χ0) is 17.6. The van der Waals surface area contributed by atoms with Crippen molar-refractivity contribution in [2.24, 2.45) is 0 Å². The molecular weight excluding hydrogens is 324 g/mol. The van der Waals surface area contributed by atoms with Crippen LogP contribution in [0.15, 0.2) is 93.5 Å². The molecule has 0 saturated heterocycles. The summed E-state index contributed by atoms with van der Waals surface area (Å²) in [5.41, 5.74) is 2.37. The highest BCUT2D eigenvalue weighted by atomic mass is 32.2. The first-order chi connectivity index (χ1) is 12.2. The van der Waals surface area contributed by atoms with Crippen molar-refractivity contribution in [3.05, 3.63) is 90.0 Å². The maximum Gasteiger partial charge on any atom is 0.166 e. The molecular formula is C23H23OS+. The fourth-order valence-corrected chi connectivity index (χ4v) is 4.80. The van der Waals surface area contributed by atoms with E-state index in [2.05, 4.69) is 85.8 Å². The minimum atomic E-state index is -0.131. The Balaban J connectivity index is 1.97. The van der Waals surface area contributed by atoms with Crippen molar-refractivity contribution in [2.75, 3.05) is 0 Å². The van der Waals surface area contributed by atoms with Crippen molar-refractivity contribution >= 4 is 16.7 Å². The highest BCUT2D eigenvalue weighted by Gasteiger charge is 2.28. The molecule has 0 spiro atoms. The Morgan fingerprint density at radius 2 is 1.28 bits per heavy atom. The summed E-state index contributed by atoms with van der Waals surface area (Å²) in [6.45, 7) is 4.03. The molecule has 0 aliphatic carbocycles. The van der Waals surface area contributed by atoms with E-state index >= 15 is 0 Å². The average molecular weight is 348 g/mol. The number of hydrogen-bond donors (Lipinski definition) is 0. The molecule has 0 aromatic heterocycles. The lowest BCUT2D eigenvalue weighted by Gasteiger charge is -2.09. The Morgan fingerprint density at radius 3 is 1.84 bits per heavy atom. The van der Waals surface area contributed by atoms with Crippen LogP contribution in [0.4, 0.5) is 0 Å². The molecule has 2 heteroatoms. The Labute approximate surface area is 153 Å². The summed E-state index contributed by atoms with van der Waals surface area (Å²) in [6.07, 6.45) is 1.12. The van der Waals surface area contributed by atoms with Crippen LogP contribution in [0.3, 0.4) is 0 Å². The molecule has 0 heterocycles. The summed E-state index contributed by atoms with van der Waals surface area (Å²) in [4.78, 5) is 15.6. The number of rotatable bonds is 6. The first kappa shape index (κ1) is 17.5. The van der Waals surface area contributed by atoms with Crippen LogP contribution in [0.1, 0.15) is 24.5 Å². The number of benzene rings is 3. The van der Waals surface area contributed by atoms with Gasteiger partial charge in [0, 0.05) is 12.8 Å². The molecule has 0 aliphatic rings. The topological polar surface area (TPSA) is 17.1 Å². The molecule has 126 valence electrons. The molecule has 1 nitrogen and oxygen atoms in total. The van der Waals surface area contributed by atoms with Crippen LogP contribution in [0, 0.1) is 6.92 Å². The molecule has 3 aromatic rings. The van der Waals surface area contributed by atoms with E-state index < -0.39 is 0 Å². The van der Waals surface area contributed by atoms with Crippen LogP contribution in [-0.2, 0) is 22.1 Å². The molecule has 0 aliphatic heterocycles. The second kappa shape index (κ2) is 8.17. The van der Waals surface area contributed by atoms with E-state index in [4.69, 9.17) is 0 Å². The summed E-state index contributed by atoms with van der Waals surface area (Å²) in [7, 11) is -0.131. The van der Waals surface area contributed by atoms with E-state index in [0.29, 0.717) is 12.8 Å². The lowest BCUT2D eigenvalue weighted by molar-refractivity contribution is -0.118. The molecule has 0 saturated carbocycles. The first-order valence-corrected chi connectivity index (χ1v) is 9.86. The van der Waals surface area contributed by atoms with E-state index in [0.717, 1.165) is 5.56 Å². The first-order valence-electron chi connectivity index (χ1n) is 8.64. The monoisotopic (exact) mass is 347 g/mol. The summed E-state index contributed by atoms with van der Waals surface area (Å²) in [5.74, 6) is 0.286. The van der Waals surface area contributed by atoms with Gasteiger partial charge in [0.25, 0.3) is 0 Å². The predicted octanol–water partition coefficient (Wildman–Crippen LogP) is 5.61. The Kier molecular flexibility index (Phi) is 5.72. The third-order valence-corrected chi connectivity index (χ3v) is 6.42. The normalized spacial score (nSPS) is 11.9. The van der Waals surface area contributed by atoms with Gasteiger partial charge in [0.2, 0.25) is 0 Å². The zero-order valence-corrected chi connectivity index (χ0v) is 15.6. The van der Waals surface area contributed by atoms with E-state index in [1.807, 2.05) is 6.92 Å². The van der Waals surface area contributed by atoms with E-state index in [9.17, 15) is 4.79 Å². The van der Waals surface area contributed by atoms with Gasteiger partial charge in [0.15, 0.2) is 14.7 Å². The van der Waals surface area contributed by atoms with Crippen molar-refractivity contribution in [1.82, 2.24) is 0 Å². The SMILES string of the molecule is CCC(=O)Cc1ccc([S+](c2ccccc2)c2ccc(C)cc2)cc1. The molecule has 25 heavy (non-hydrogen) atoms. The summed E-state index contributed by atoms with van der Waals surface area (Å²) >= 11 is 0. The largest absolute Gasteiger partial charge is 0.299 e. The number of aryl methyl sites for hydroxylation is 1. The van der Waals surface area contributed by atoms with Gasteiger partial charge < -0.3 is 0 Å². The number of carbonyl (C=O) groups is 1. The Bertz CT molecular complexity index is 820. The zero-order valence-electron chi connectivity index (χ0n) is 14.7. The van der Waals surface area contributed by atoms with E-state index in [1.54, 1.807) is 0 Å². The molecule has 1 unspecified atom stereocenters. The molecule has 0 fully saturated rings. The van der Waals surface area contributed by atoms with Crippen LogP contribution in [0.2, 0.25) is 0 Å². The number of ketones is 1. The van der Waals surface area contributed by atoms with E-state index in [-0.39, 0.29) is 16.7 Å². The highest BCUT2D eigenvalue weighted by molar-refractivity contribution is 7.97. The van der Waals surface area contributed by atoms with E-state index in [1.165, 1.54) is 20.2 Å². The highest BCUT2D eigenvalue weighted by Crippen LogP contribution is 2.31. The van der Waals surface area contributed by atoms with Gasteiger partial charge in [-0.1, -0.05) is 55.0 Å². The average Bonchev–Trinajstić information content (AvgIpc) is 2.66. The lowest BCUT2D eigenvalue weighted by Crippen LogP contribution is -2.05. The quantitative estimate of drug-likeness (QED) is 0.530. The van der Waals surface area contributed by atoms with Crippen LogP contribution in [-0.4, -0.2) is 5.78 Å². The van der Waals surface area contributed by atoms with Gasteiger partial charge in [-0.15, -0.1) is 0 Å². The van der Waals surface area contributed by atoms with Crippen LogP contribution in [0.5, 0.6) is 0 Å². The van der Waals surface area contributed by atoms with Crippen LogP contribution in [0.25, 0.3) is 0 Å². The fourth-order valence-electron chi connectivity index (χ4n) is 2.74. The van der Waals surface area contributed by atoms with Crippen molar-refractivity contribution in [1.29, 1.82) is 0 Å². The molecule has 0 amide bonds. The van der Waals surface area contributed by atoms with Gasteiger partial charge in [-0.05, 0) is 48.9 Å². The Morgan fingerprint density at radius 1 is 0.760 bits per heavy atom. The summed E-state index contributed by atoms with van der Waals surface area (Å²) < 4.78 is 0. The molecule has 1 atom stereocenters. The molecule has 3 rings (SSSR count). The molecule has 0 N–H and O–H groups in total. The minimum Gasteiger partial charge on any atom is -0.299 e. The maximum absolute atomic E-state index is 11.7. The number of Topliss-reactive ketones (excluding diaryl/α,β-unsaturated/α-hetero) is 1. The van der Waals surface area contributed by atoms with Crippen molar-refractivity contribution in [3.63, 3.8) is 0 Å². The molecule has 0 radical (unpaired) electrons. The van der Waals surface area contributed by atoms with Gasteiger partial charge in [0.05, 0.1) is 10.9 Å². The third-order valence-electron chi connectivity index (χ3n) is 4.19. The third kappa shape index (κ3) is 4.40. The van der Waals surface area contributed by atoms with Crippen molar-refractivity contribution in [2.45, 2.75) is 41.4 Å². The van der Waals surface area contributed by atoms with Crippen LogP contribution >= 0.6 is 0 Å². The summed E-state index contributed by atoms with van der Waals surface area (Å²) in [5, 5.41) is 0. The van der Waals surface area contributed by atoms with Gasteiger partial charge in [0.1, 0.15) is 5.78 Å². The molecule has 0 bridgehead atoms. The van der Waals surface area contributed by atoms with Crippen molar-refractivity contribution in [3.8, 4) is 0 Å². The number of carbonyl (C=O) groups excluding carboxylic acids is 1.